The smallest absolute Gasteiger partial charge is 0.122 e. The Hall–Kier alpha value is -2.24. The van der Waals surface area contributed by atoms with E-state index in [1.807, 2.05) is 49.4 Å². The minimum absolute atomic E-state index is 0.263. The average Bonchev–Trinajstić information content (AvgIpc) is 2.63. The summed E-state index contributed by atoms with van der Waals surface area (Å²) in [5, 5.41) is 13.3. The van der Waals surface area contributed by atoms with Crippen LogP contribution in [0.1, 0.15) is 11.1 Å². The molecule has 0 amide bonds. The van der Waals surface area contributed by atoms with Gasteiger partial charge in [0.2, 0.25) is 0 Å². The number of aryl methyl sites for hydroxylation is 1. The van der Waals surface area contributed by atoms with Crippen molar-refractivity contribution in [3.63, 3.8) is 0 Å². The van der Waals surface area contributed by atoms with Crippen LogP contribution < -0.4 is 19.5 Å². The Labute approximate surface area is 149 Å². The Balaban J connectivity index is 1.72. The van der Waals surface area contributed by atoms with E-state index in [4.69, 9.17) is 14.2 Å². The van der Waals surface area contributed by atoms with Crippen LogP contribution >= 0.6 is 0 Å². The van der Waals surface area contributed by atoms with Gasteiger partial charge in [-0.05, 0) is 61.3 Å². The predicted molar refractivity (Wildman–Crippen MR) is 98.8 cm³/mol. The van der Waals surface area contributed by atoms with E-state index in [0.717, 1.165) is 41.3 Å². The average molecular weight is 345 g/mol. The second-order valence-electron chi connectivity index (χ2n) is 5.91. The summed E-state index contributed by atoms with van der Waals surface area (Å²) in [4.78, 5) is 0. The number of nitrogens with one attached hydrogen (secondary N) is 1. The molecule has 0 aliphatic rings. The third-order valence-corrected chi connectivity index (χ3v) is 3.87. The standard InChI is InChI=1S/C20H27NO4/c1-15-5-4-6-19(11-15)25-14-17(22)13-21-10-9-16-12-18(23-2)7-8-20(16)24-3/h4-8,11-12,17,21-22H,9-10,13-14H2,1-3H3/t17-/m1/s1. The molecule has 0 fully saturated rings. The molecule has 2 rings (SSSR count). The van der Waals surface area contributed by atoms with Gasteiger partial charge in [-0.25, -0.2) is 0 Å². The van der Waals surface area contributed by atoms with Crippen molar-refractivity contribution in [1.82, 2.24) is 5.32 Å². The lowest BCUT2D eigenvalue weighted by Gasteiger charge is -2.14. The van der Waals surface area contributed by atoms with E-state index in [9.17, 15) is 5.11 Å². The highest BCUT2D eigenvalue weighted by molar-refractivity contribution is 5.40. The van der Waals surface area contributed by atoms with Crippen molar-refractivity contribution in [2.75, 3.05) is 33.9 Å². The Morgan fingerprint density at radius 1 is 1.04 bits per heavy atom. The molecule has 0 unspecified atom stereocenters. The maximum absolute atomic E-state index is 10.0. The molecule has 5 heteroatoms. The number of benzene rings is 2. The van der Waals surface area contributed by atoms with Crippen LogP contribution in [0, 0.1) is 6.92 Å². The van der Waals surface area contributed by atoms with Crippen LogP contribution in [0.2, 0.25) is 0 Å². The van der Waals surface area contributed by atoms with Crippen molar-refractivity contribution >= 4 is 0 Å². The number of ether oxygens (including phenoxy) is 3. The van der Waals surface area contributed by atoms with Crippen LogP contribution in [-0.4, -0.2) is 45.1 Å². The highest BCUT2D eigenvalue weighted by Crippen LogP contribution is 2.24. The first-order valence-electron chi connectivity index (χ1n) is 8.41. The van der Waals surface area contributed by atoms with Crippen LogP contribution in [0.25, 0.3) is 0 Å². The van der Waals surface area contributed by atoms with Gasteiger partial charge in [0.1, 0.15) is 30.0 Å². The zero-order valence-electron chi connectivity index (χ0n) is 15.1. The third-order valence-electron chi connectivity index (χ3n) is 3.87. The molecule has 0 radical (unpaired) electrons. The van der Waals surface area contributed by atoms with Crippen LogP contribution in [-0.2, 0) is 6.42 Å². The summed E-state index contributed by atoms with van der Waals surface area (Å²) in [6.45, 7) is 3.47. The first-order chi connectivity index (χ1) is 12.1. The van der Waals surface area contributed by atoms with Crippen LogP contribution in [0.15, 0.2) is 42.5 Å². The minimum atomic E-state index is -0.562. The van der Waals surface area contributed by atoms with Crippen molar-refractivity contribution < 1.29 is 19.3 Å². The molecule has 2 aromatic rings. The molecule has 2 N–H and O–H groups in total. The van der Waals surface area contributed by atoms with Crippen LogP contribution in [0.3, 0.4) is 0 Å². The first-order valence-corrected chi connectivity index (χ1v) is 8.41. The molecule has 0 bridgehead atoms. The quantitative estimate of drug-likeness (QED) is 0.648. The molecule has 0 aliphatic carbocycles. The van der Waals surface area contributed by atoms with Crippen LogP contribution in [0.4, 0.5) is 0 Å². The Morgan fingerprint density at radius 2 is 1.88 bits per heavy atom. The molecule has 136 valence electrons. The van der Waals surface area contributed by atoms with Gasteiger partial charge in [0, 0.05) is 6.54 Å². The molecule has 2 aromatic carbocycles. The zero-order valence-corrected chi connectivity index (χ0v) is 15.1. The topological polar surface area (TPSA) is 60.0 Å². The molecule has 5 nitrogen and oxygen atoms in total. The van der Waals surface area contributed by atoms with Gasteiger partial charge in [0.15, 0.2) is 0 Å². The molecule has 0 heterocycles. The lowest BCUT2D eigenvalue weighted by Crippen LogP contribution is -2.32. The van der Waals surface area contributed by atoms with Gasteiger partial charge in [-0.1, -0.05) is 12.1 Å². The fourth-order valence-electron chi connectivity index (χ4n) is 2.53. The van der Waals surface area contributed by atoms with Gasteiger partial charge < -0.3 is 24.6 Å². The maximum atomic E-state index is 10.0. The second-order valence-corrected chi connectivity index (χ2v) is 5.91. The summed E-state index contributed by atoms with van der Waals surface area (Å²) in [7, 11) is 3.31. The number of rotatable bonds is 10. The van der Waals surface area contributed by atoms with E-state index < -0.39 is 6.10 Å². The minimum Gasteiger partial charge on any atom is -0.497 e. The Kier molecular flexibility index (Phi) is 7.57. The van der Waals surface area contributed by atoms with Crippen molar-refractivity contribution in [2.24, 2.45) is 0 Å². The summed E-state index contributed by atoms with van der Waals surface area (Å²) >= 11 is 0. The SMILES string of the molecule is COc1ccc(OC)c(CCNC[C@@H](O)COc2cccc(C)c2)c1. The van der Waals surface area contributed by atoms with Gasteiger partial charge in [0.25, 0.3) is 0 Å². The lowest BCUT2D eigenvalue weighted by atomic mass is 10.1. The summed E-state index contributed by atoms with van der Waals surface area (Å²) in [5.41, 5.74) is 2.21. The van der Waals surface area contributed by atoms with Gasteiger partial charge >= 0.3 is 0 Å². The van der Waals surface area contributed by atoms with E-state index in [1.165, 1.54) is 0 Å². The number of aliphatic hydroxyl groups excluding tert-OH is 1. The molecular weight excluding hydrogens is 318 g/mol. The highest BCUT2D eigenvalue weighted by atomic mass is 16.5. The lowest BCUT2D eigenvalue weighted by molar-refractivity contribution is 0.106. The normalized spacial score (nSPS) is 11.8. The van der Waals surface area contributed by atoms with E-state index in [0.29, 0.717) is 6.54 Å². The number of methoxy groups -OCH3 is 2. The fourth-order valence-corrected chi connectivity index (χ4v) is 2.53. The molecular formula is C20H27NO4. The highest BCUT2D eigenvalue weighted by Gasteiger charge is 2.07. The summed E-state index contributed by atoms with van der Waals surface area (Å²) < 4.78 is 16.2. The molecule has 0 saturated carbocycles. The van der Waals surface area contributed by atoms with Crippen molar-refractivity contribution in [2.45, 2.75) is 19.4 Å². The summed E-state index contributed by atoms with van der Waals surface area (Å²) in [6.07, 6.45) is 0.221. The predicted octanol–water partition coefficient (Wildman–Crippen LogP) is 2.58. The molecule has 0 aliphatic heterocycles. The van der Waals surface area contributed by atoms with Crippen molar-refractivity contribution in [3.8, 4) is 17.2 Å². The van der Waals surface area contributed by atoms with E-state index in [1.54, 1.807) is 14.2 Å². The van der Waals surface area contributed by atoms with Crippen molar-refractivity contribution in [1.29, 1.82) is 0 Å². The first kappa shape index (κ1) is 19.1. The van der Waals surface area contributed by atoms with Gasteiger partial charge in [-0.3, -0.25) is 0 Å². The van der Waals surface area contributed by atoms with Gasteiger partial charge in [-0.2, -0.15) is 0 Å². The maximum Gasteiger partial charge on any atom is 0.122 e. The van der Waals surface area contributed by atoms with Gasteiger partial charge in [0.05, 0.1) is 14.2 Å². The van der Waals surface area contributed by atoms with E-state index in [-0.39, 0.29) is 6.61 Å². The van der Waals surface area contributed by atoms with Crippen LogP contribution in [0.5, 0.6) is 17.2 Å². The Bertz CT molecular complexity index is 660. The molecule has 0 spiro atoms. The third kappa shape index (κ3) is 6.29. The van der Waals surface area contributed by atoms with Crippen molar-refractivity contribution in [3.05, 3.63) is 53.6 Å². The molecule has 0 aromatic heterocycles. The largest absolute Gasteiger partial charge is 0.497 e. The second kappa shape index (κ2) is 9.91. The van der Waals surface area contributed by atoms with Gasteiger partial charge in [-0.15, -0.1) is 0 Å². The Morgan fingerprint density at radius 3 is 2.60 bits per heavy atom. The zero-order chi connectivity index (χ0) is 18.1. The molecule has 25 heavy (non-hydrogen) atoms. The fraction of sp³-hybridized carbons (Fsp3) is 0.400. The molecule has 1 atom stereocenters. The van der Waals surface area contributed by atoms with E-state index in [2.05, 4.69) is 5.32 Å². The summed E-state index contributed by atoms with van der Waals surface area (Å²) in [6, 6.07) is 13.5. The number of aliphatic hydroxyl groups is 1. The summed E-state index contributed by atoms with van der Waals surface area (Å²) in [5.74, 6) is 2.42. The molecule has 0 saturated heterocycles. The monoisotopic (exact) mass is 345 g/mol. The number of hydrogen-bond acceptors (Lipinski definition) is 5. The number of hydrogen-bond donors (Lipinski definition) is 2. The van der Waals surface area contributed by atoms with E-state index >= 15 is 0 Å².